The molecule has 6 heteroatoms. The molecule has 0 atom stereocenters. The van der Waals surface area contributed by atoms with Crippen LogP contribution in [-0.4, -0.2) is 17.1 Å². The zero-order chi connectivity index (χ0) is 12.1. The van der Waals surface area contributed by atoms with Crippen molar-refractivity contribution >= 4 is 50.7 Å². The number of carbonyl (C=O) groups excluding carboxylic acids is 2. The molecule has 0 aliphatic carbocycles. The summed E-state index contributed by atoms with van der Waals surface area (Å²) in [5.41, 5.74) is 1.05. The van der Waals surface area contributed by atoms with Gasteiger partial charge in [0.05, 0.1) is 16.0 Å². The molecule has 16 heavy (non-hydrogen) atoms. The van der Waals surface area contributed by atoms with E-state index in [0.29, 0.717) is 16.4 Å². The van der Waals surface area contributed by atoms with Crippen LogP contribution in [0.4, 0.5) is 11.4 Å². The Labute approximate surface area is 106 Å². The summed E-state index contributed by atoms with van der Waals surface area (Å²) in [6, 6.07) is 4.87. The molecule has 0 saturated carbocycles. The van der Waals surface area contributed by atoms with Gasteiger partial charge in [0.25, 0.3) is 0 Å². The molecule has 0 unspecified atom stereocenters. The van der Waals surface area contributed by atoms with Crippen molar-refractivity contribution in [2.75, 3.05) is 16.0 Å². The number of rotatable bonds is 3. The minimum absolute atomic E-state index is 0.170. The van der Waals surface area contributed by atoms with E-state index in [2.05, 4.69) is 26.6 Å². The van der Waals surface area contributed by atoms with Crippen LogP contribution in [0.5, 0.6) is 0 Å². The molecular formula is C10H10BrClN2O2. The lowest BCUT2D eigenvalue weighted by molar-refractivity contribution is -0.114. The summed E-state index contributed by atoms with van der Waals surface area (Å²) in [6.45, 7) is 1.39. The Morgan fingerprint density at radius 1 is 1.38 bits per heavy atom. The van der Waals surface area contributed by atoms with E-state index >= 15 is 0 Å². The number of amides is 2. The predicted octanol–water partition coefficient (Wildman–Crippen LogP) is 2.63. The van der Waals surface area contributed by atoms with Crippen molar-refractivity contribution in [3.05, 3.63) is 23.2 Å². The van der Waals surface area contributed by atoms with Crippen LogP contribution in [0, 0.1) is 0 Å². The first-order chi connectivity index (χ1) is 7.52. The minimum atomic E-state index is -0.217. The molecule has 0 bridgehead atoms. The second kappa shape index (κ2) is 5.86. The topological polar surface area (TPSA) is 58.2 Å². The highest BCUT2D eigenvalue weighted by molar-refractivity contribution is 9.09. The third-order valence-electron chi connectivity index (χ3n) is 1.68. The van der Waals surface area contributed by atoms with Crippen LogP contribution in [0.3, 0.4) is 0 Å². The smallest absolute Gasteiger partial charge is 0.235 e. The summed E-state index contributed by atoms with van der Waals surface area (Å²) in [5.74, 6) is -0.387. The van der Waals surface area contributed by atoms with E-state index in [1.54, 1.807) is 18.2 Å². The van der Waals surface area contributed by atoms with Crippen molar-refractivity contribution in [1.29, 1.82) is 0 Å². The SMILES string of the molecule is CC(=O)Nc1cc(NC(=O)CBr)ccc1Cl. The Balaban J connectivity index is 2.88. The van der Waals surface area contributed by atoms with Crippen molar-refractivity contribution in [2.24, 2.45) is 0 Å². The standard InChI is InChI=1S/C10H10BrClN2O2/c1-6(15)13-9-4-7(2-3-8(9)12)14-10(16)5-11/h2-4H,5H2,1H3,(H,13,15)(H,14,16). The molecule has 4 nitrogen and oxygen atoms in total. The Kier molecular flexibility index (Phi) is 4.76. The van der Waals surface area contributed by atoms with Gasteiger partial charge in [-0.05, 0) is 18.2 Å². The number of anilines is 2. The third-order valence-corrected chi connectivity index (χ3v) is 2.52. The maximum Gasteiger partial charge on any atom is 0.235 e. The van der Waals surface area contributed by atoms with Gasteiger partial charge in [0.15, 0.2) is 0 Å². The molecular weight excluding hydrogens is 295 g/mol. The predicted molar refractivity (Wildman–Crippen MR) is 68.2 cm³/mol. The lowest BCUT2D eigenvalue weighted by atomic mass is 10.2. The van der Waals surface area contributed by atoms with Gasteiger partial charge in [0.2, 0.25) is 11.8 Å². The van der Waals surface area contributed by atoms with Gasteiger partial charge in [-0.25, -0.2) is 0 Å². The van der Waals surface area contributed by atoms with Crippen molar-refractivity contribution in [2.45, 2.75) is 6.92 Å². The number of alkyl halides is 1. The molecule has 0 aliphatic rings. The normalized spacial score (nSPS) is 9.69. The Morgan fingerprint density at radius 2 is 2.06 bits per heavy atom. The molecule has 2 N–H and O–H groups in total. The van der Waals surface area contributed by atoms with Gasteiger partial charge in [-0.15, -0.1) is 0 Å². The summed E-state index contributed by atoms with van der Waals surface area (Å²) < 4.78 is 0. The maximum atomic E-state index is 11.1. The van der Waals surface area contributed by atoms with Crippen LogP contribution in [0.2, 0.25) is 5.02 Å². The molecule has 1 rings (SSSR count). The number of hydrogen-bond acceptors (Lipinski definition) is 2. The maximum absolute atomic E-state index is 11.1. The Hall–Kier alpha value is -1.07. The highest BCUT2D eigenvalue weighted by atomic mass is 79.9. The first-order valence-electron chi connectivity index (χ1n) is 4.46. The van der Waals surface area contributed by atoms with Crippen LogP contribution < -0.4 is 10.6 Å². The lowest BCUT2D eigenvalue weighted by Gasteiger charge is -2.08. The molecule has 1 aromatic rings. The fourth-order valence-electron chi connectivity index (χ4n) is 1.08. The quantitative estimate of drug-likeness (QED) is 0.843. The number of benzene rings is 1. The van der Waals surface area contributed by atoms with E-state index < -0.39 is 0 Å². The van der Waals surface area contributed by atoms with Gasteiger partial charge in [0, 0.05) is 12.6 Å². The second-order valence-electron chi connectivity index (χ2n) is 3.06. The highest BCUT2D eigenvalue weighted by Gasteiger charge is 2.05. The van der Waals surface area contributed by atoms with Crippen molar-refractivity contribution in [1.82, 2.24) is 0 Å². The average molecular weight is 306 g/mol. The average Bonchev–Trinajstić information content (AvgIpc) is 2.22. The van der Waals surface area contributed by atoms with Gasteiger partial charge < -0.3 is 10.6 Å². The zero-order valence-electron chi connectivity index (χ0n) is 8.51. The number of nitrogens with one attached hydrogen (secondary N) is 2. The molecule has 0 heterocycles. The fourth-order valence-corrected chi connectivity index (χ4v) is 1.39. The molecule has 0 saturated heterocycles. The van der Waals surface area contributed by atoms with E-state index in [-0.39, 0.29) is 17.1 Å². The number of carbonyl (C=O) groups is 2. The van der Waals surface area contributed by atoms with Crippen LogP contribution in [0.1, 0.15) is 6.92 Å². The van der Waals surface area contributed by atoms with E-state index in [0.717, 1.165) is 0 Å². The molecule has 0 aliphatic heterocycles. The van der Waals surface area contributed by atoms with Crippen LogP contribution in [0.25, 0.3) is 0 Å². The first-order valence-corrected chi connectivity index (χ1v) is 5.96. The Bertz CT molecular complexity index is 423. The first kappa shape index (κ1) is 13.0. The fraction of sp³-hybridized carbons (Fsp3) is 0.200. The van der Waals surface area contributed by atoms with Gasteiger partial charge >= 0.3 is 0 Å². The monoisotopic (exact) mass is 304 g/mol. The van der Waals surface area contributed by atoms with Crippen molar-refractivity contribution < 1.29 is 9.59 Å². The van der Waals surface area contributed by atoms with E-state index in [9.17, 15) is 9.59 Å². The van der Waals surface area contributed by atoms with Crippen LogP contribution in [0.15, 0.2) is 18.2 Å². The number of hydrogen-bond donors (Lipinski definition) is 2. The second-order valence-corrected chi connectivity index (χ2v) is 4.03. The summed E-state index contributed by atoms with van der Waals surface area (Å²) >= 11 is 8.91. The molecule has 0 radical (unpaired) electrons. The van der Waals surface area contributed by atoms with Gasteiger partial charge in [-0.2, -0.15) is 0 Å². The molecule has 0 spiro atoms. The zero-order valence-corrected chi connectivity index (χ0v) is 10.9. The lowest BCUT2D eigenvalue weighted by Crippen LogP contribution is -2.13. The molecule has 2 amide bonds. The summed E-state index contributed by atoms with van der Waals surface area (Å²) in [5, 5.41) is 5.84. The summed E-state index contributed by atoms with van der Waals surface area (Å²) in [4.78, 5) is 22.0. The minimum Gasteiger partial charge on any atom is -0.325 e. The van der Waals surface area contributed by atoms with Crippen molar-refractivity contribution in [3.8, 4) is 0 Å². The van der Waals surface area contributed by atoms with E-state index in [1.165, 1.54) is 6.92 Å². The van der Waals surface area contributed by atoms with Crippen LogP contribution >= 0.6 is 27.5 Å². The molecule has 86 valence electrons. The molecule has 0 fully saturated rings. The van der Waals surface area contributed by atoms with E-state index in [4.69, 9.17) is 11.6 Å². The number of halogens is 2. The highest BCUT2D eigenvalue weighted by Crippen LogP contribution is 2.25. The Morgan fingerprint density at radius 3 is 2.62 bits per heavy atom. The van der Waals surface area contributed by atoms with Gasteiger partial charge in [-0.1, -0.05) is 27.5 Å². The largest absolute Gasteiger partial charge is 0.325 e. The molecule has 0 aromatic heterocycles. The van der Waals surface area contributed by atoms with Crippen LogP contribution in [-0.2, 0) is 9.59 Å². The van der Waals surface area contributed by atoms with Crippen molar-refractivity contribution in [3.63, 3.8) is 0 Å². The summed E-state index contributed by atoms with van der Waals surface area (Å²) in [7, 11) is 0. The van der Waals surface area contributed by atoms with Gasteiger partial charge in [-0.3, -0.25) is 9.59 Å². The van der Waals surface area contributed by atoms with Gasteiger partial charge in [0.1, 0.15) is 0 Å². The summed E-state index contributed by atoms with van der Waals surface area (Å²) in [6.07, 6.45) is 0. The van der Waals surface area contributed by atoms with E-state index in [1.807, 2.05) is 0 Å². The molecule has 1 aromatic carbocycles. The third kappa shape index (κ3) is 3.83.